The highest BCUT2D eigenvalue weighted by Gasteiger charge is 2.17. The fourth-order valence-electron chi connectivity index (χ4n) is 2.93. The van der Waals surface area contributed by atoms with Gasteiger partial charge in [-0.3, -0.25) is 9.36 Å². The molecule has 4 rings (SSSR count). The summed E-state index contributed by atoms with van der Waals surface area (Å²) in [7, 11) is 0. The van der Waals surface area contributed by atoms with Gasteiger partial charge in [-0.05, 0) is 24.6 Å². The lowest BCUT2D eigenvalue weighted by atomic mass is 10.2. The largest absolute Gasteiger partial charge is 0.461 e. The predicted molar refractivity (Wildman–Crippen MR) is 118 cm³/mol. The maximum Gasteiger partial charge on any atom is 0.230 e. The molecule has 0 saturated heterocycles. The molecular weight excluding hydrogens is 418 g/mol. The van der Waals surface area contributed by atoms with E-state index < -0.39 is 0 Å². The van der Waals surface area contributed by atoms with E-state index in [2.05, 4.69) is 20.5 Å². The van der Waals surface area contributed by atoms with Crippen molar-refractivity contribution in [2.24, 2.45) is 0 Å². The summed E-state index contributed by atoms with van der Waals surface area (Å²) in [5, 5.41) is 15.3. The maximum atomic E-state index is 12.3. The molecule has 7 nitrogen and oxygen atoms in total. The molecule has 4 aromatic rings. The second-order valence-electron chi connectivity index (χ2n) is 6.60. The van der Waals surface area contributed by atoms with Crippen molar-refractivity contribution in [1.29, 1.82) is 0 Å². The van der Waals surface area contributed by atoms with Crippen molar-refractivity contribution in [2.45, 2.75) is 25.0 Å². The number of amides is 1. The molecular formula is C21H21N5O2S2. The highest BCUT2D eigenvalue weighted by atomic mass is 32.2. The lowest BCUT2D eigenvalue weighted by Crippen LogP contribution is -2.27. The molecule has 0 atom stereocenters. The minimum Gasteiger partial charge on any atom is -0.461 e. The molecule has 0 bridgehead atoms. The van der Waals surface area contributed by atoms with Crippen LogP contribution in [0.15, 0.2) is 63.7 Å². The molecule has 3 aromatic heterocycles. The van der Waals surface area contributed by atoms with Gasteiger partial charge in [-0.2, -0.15) is 0 Å². The molecule has 0 fully saturated rings. The number of hydrogen-bond acceptors (Lipinski definition) is 7. The zero-order chi connectivity index (χ0) is 20.8. The zero-order valence-corrected chi connectivity index (χ0v) is 18.1. The number of nitrogens with zero attached hydrogens (tertiary/aromatic N) is 4. The van der Waals surface area contributed by atoms with Crippen LogP contribution in [-0.2, 0) is 17.8 Å². The monoisotopic (exact) mass is 439 g/mol. The lowest BCUT2D eigenvalue weighted by molar-refractivity contribution is -0.118. The summed E-state index contributed by atoms with van der Waals surface area (Å²) in [6.07, 6.45) is 2.34. The molecule has 0 saturated carbocycles. The van der Waals surface area contributed by atoms with Crippen molar-refractivity contribution in [2.75, 3.05) is 12.3 Å². The standard InChI is InChI=1S/C21H21N5O2S2/c1-15-23-17(13-29-15)9-10-22-19(27)14-30-21-25-24-20(18-8-5-11-28-18)26(21)12-16-6-3-2-4-7-16/h2-8,11,13H,9-10,12,14H2,1H3,(H,22,27). The van der Waals surface area contributed by atoms with Crippen molar-refractivity contribution in [3.8, 4) is 11.6 Å². The van der Waals surface area contributed by atoms with E-state index in [1.54, 1.807) is 17.6 Å². The number of carbonyl (C=O) groups excluding carboxylic acids is 1. The van der Waals surface area contributed by atoms with E-state index in [-0.39, 0.29) is 11.7 Å². The summed E-state index contributed by atoms with van der Waals surface area (Å²) in [6, 6.07) is 13.7. The van der Waals surface area contributed by atoms with E-state index in [4.69, 9.17) is 4.42 Å². The van der Waals surface area contributed by atoms with E-state index in [9.17, 15) is 4.79 Å². The van der Waals surface area contributed by atoms with E-state index >= 15 is 0 Å². The Morgan fingerprint density at radius 1 is 1.20 bits per heavy atom. The fourth-order valence-corrected chi connectivity index (χ4v) is 4.34. The van der Waals surface area contributed by atoms with Crippen LogP contribution in [0.4, 0.5) is 0 Å². The summed E-state index contributed by atoms with van der Waals surface area (Å²) in [4.78, 5) is 16.7. The van der Waals surface area contributed by atoms with Crippen LogP contribution in [0.2, 0.25) is 0 Å². The van der Waals surface area contributed by atoms with Gasteiger partial charge in [0.2, 0.25) is 11.7 Å². The second kappa shape index (κ2) is 9.73. The zero-order valence-electron chi connectivity index (χ0n) is 16.4. The van der Waals surface area contributed by atoms with Crippen LogP contribution in [0.5, 0.6) is 0 Å². The molecule has 3 heterocycles. The normalized spacial score (nSPS) is 11.0. The smallest absolute Gasteiger partial charge is 0.230 e. The molecule has 0 unspecified atom stereocenters. The average Bonchev–Trinajstić information content (AvgIpc) is 3.49. The van der Waals surface area contributed by atoms with Crippen molar-refractivity contribution >= 4 is 29.0 Å². The number of nitrogens with one attached hydrogen (secondary N) is 1. The van der Waals surface area contributed by atoms with E-state index in [0.29, 0.717) is 29.8 Å². The maximum absolute atomic E-state index is 12.3. The highest BCUT2D eigenvalue weighted by molar-refractivity contribution is 7.99. The van der Waals surface area contributed by atoms with E-state index in [1.165, 1.54) is 11.8 Å². The van der Waals surface area contributed by atoms with Crippen LogP contribution in [0, 0.1) is 6.92 Å². The van der Waals surface area contributed by atoms with Gasteiger partial charge in [0.1, 0.15) is 0 Å². The Kier molecular flexibility index (Phi) is 6.60. The Morgan fingerprint density at radius 3 is 2.80 bits per heavy atom. The number of thioether (sulfide) groups is 1. The van der Waals surface area contributed by atoms with Gasteiger partial charge in [0.05, 0.1) is 29.3 Å². The molecule has 0 aliphatic rings. The topological polar surface area (TPSA) is 85.8 Å². The molecule has 30 heavy (non-hydrogen) atoms. The Morgan fingerprint density at radius 2 is 2.07 bits per heavy atom. The molecule has 1 amide bonds. The molecule has 0 aliphatic carbocycles. The fraction of sp³-hybridized carbons (Fsp3) is 0.238. The van der Waals surface area contributed by atoms with Gasteiger partial charge >= 0.3 is 0 Å². The minimum atomic E-state index is -0.0410. The van der Waals surface area contributed by atoms with Gasteiger partial charge in [0, 0.05) is 18.3 Å². The van der Waals surface area contributed by atoms with E-state index in [0.717, 1.165) is 22.7 Å². The first-order valence-electron chi connectivity index (χ1n) is 9.50. The van der Waals surface area contributed by atoms with Crippen LogP contribution in [0.1, 0.15) is 16.3 Å². The van der Waals surface area contributed by atoms with Crippen molar-refractivity contribution in [3.63, 3.8) is 0 Å². The summed E-state index contributed by atoms with van der Waals surface area (Å²) in [5.74, 6) is 1.51. The minimum absolute atomic E-state index is 0.0410. The molecule has 0 radical (unpaired) electrons. The first-order chi connectivity index (χ1) is 14.7. The van der Waals surface area contributed by atoms with E-state index in [1.807, 2.05) is 59.3 Å². The molecule has 1 aromatic carbocycles. The van der Waals surface area contributed by atoms with Gasteiger partial charge in [0.25, 0.3) is 0 Å². The summed E-state index contributed by atoms with van der Waals surface area (Å²) < 4.78 is 7.49. The molecule has 154 valence electrons. The number of carbonyl (C=O) groups is 1. The third-order valence-corrected chi connectivity index (χ3v) is 6.13. The predicted octanol–water partition coefficient (Wildman–Crippen LogP) is 3.80. The summed E-state index contributed by atoms with van der Waals surface area (Å²) in [5.41, 5.74) is 2.13. The number of thiazole rings is 1. The van der Waals surface area contributed by atoms with Crippen molar-refractivity contribution < 1.29 is 9.21 Å². The van der Waals surface area contributed by atoms with Crippen LogP contribution in [-0.4, -0.2) is 38.0 Å². The first kappa shape index (κ1) is 20.4. The second-order valence-corrected chi connectivity index (χ2v) is 8.61. The number of rotatable bonds is 9. The Labute approximate surface area is 182 Å². The first-order valence-corrected chi connectivity index (χ1v) is 11.4. The number of aromatic nitrogens is 4. The number of benzene rings is 1. The Bertz CT molecular complexity index is 1090. The Hall–Kier alpha value is -2.91. The summed E-state index contributed by atoms with van der Waals surface area (Å²) >= 11 is 2.99. The van der Waals surface area contributed by atoms with Gasteiger partial charge in [-0.25, -0.2) is 4.98 Å². The van der Waals surface area contributed by atoms with Crippen LogP contribution in [0.3, 0.4) is 0 Å². The average molecular weight is 440 g/mol. The SMILES string of the molecule is Cc1nc(CCNC(=O)CSc2nnc(-c3ccco3)n2Cc2ccccc2)cs1. The molecule has 1 N–H and O–H groups in total. The van der Waals surface area contributed by atoms with Crippen LogP contribution in [0.25, 0.3) is 11.6 Å². The third kappa shape index (κ3) is 5.17. The van der Waals surface area contributed by atoms with Crippen LogP contribution >= 0.6 is 23.1 Å². The number of aryl methyl sites for hydroxylation is 1. The van der Waals surface area contributed by atoms with Gasteiger partial charge in [-0.15, -0.1) is 21.5 Å². The quantitative estimate of drug-likeness (QED) is 0.399. The highest BCUT2D eigenvalue weighted by Crippen LogP contribution is 2.25. The number of furan rings is 1. The van der Waals surface area contributed by atoms with Gasteiger partial charge in [0.15, 0.2) is 10.9 Å². The number of hydrogen-bond donors (Lipinski definition) is 1. The Balaban J connectivity index is 1.40. The molecule has 0 aliphatic heterocycles. The summed E-state index contributed by atoms with van der Waals surface area (Å²) in [6.45, 7) is 3.14. The van der Waals surface area contributed by atoms with Crippen molar-refractivity contribution in [3.05, 3.63) is 70.4 Å². The van der Waals surface area contributed by atoms with Crippen molar-refractivity contribution in [1.82, 2.24) is 25.1 Å². The molecule has 9 heteroatoms. The van der Waals surface area contributed by atoms with Gasteiger partial charge < -0.3 is 9.73 Å². The molecule has 0 spiro atoms. The van der Waals surface area contributed by atoms with Crippen LogP contribution < -0.4 is 5.32 Å². The van der Waals surface area contributed by atoms with Gasteiger partial charge in [-0.1, -0.05) is 42.1 Å². The third-order valence-electron chi connectivity index (χ3n) is 4.34. The lowest BCUT2D eigenvalue weighted by Gasteiger charge is -2.09.